The standard InChI is InChI=1S/C18H29N3O2/c1-14(2)12-21-8-9-23-17(13-21)11-20-18(22)19-10-16-6-4-15(3)5-7-16/h4-7,14,17H,8-13H2,1-3H3,(H2,19,20,22). The summed E-state index contributed by atoms with van der Waals surface area (Å²) in [5, 5.41) is 5.79. The molecular formula is C18H29N3O2. The van der Waals surface area contributed by atoms with Gasteiger partial charge in [-0.05, 0) is 18.4 Å². The van der Waals surface area contributed by atoms with Crippen molar-refractivity contribution in [2.45, 2.75) is 33.4 Å². The molecule has 0 saturated carbocycles. The quantitative estimate of drug-likeness (QED) is 0.845. The average molecular weight is 319 g/mol. The molecule has 0 aliphatic carbocycles. The van der Waals surface area contributed by atoms with E-state index in [0.717, 1.165) is 31.8 Å². The topological polar surface area (TPSA) is 53.6 Å². The van der Waals surface area contributed by atoms with Crippen LogP contribution in [0.15, 0.2) is 24.3 Å². The zero-order valence-electron chi connectivity index (χ0n) is 14.5. The Kier molecular flexibility index (Phi) is 6.86. The Hall–Kier alpha value is -1.59. The molecule has 5 nitrogen and oxygen atoms in total. The van der Waals surface area contributed by atoms with Crippen LogP contribution in [0, 0.1) is 12.8 Å². The van der Waals surface area contributed by atoms with Crippen molar-refractivity contribution in [2.75, 3.05) is 32.8 Å². The van der Waals surface area contributed by atoms with Crippen molar-refractivity contribution in [2.24, 2.45) is 5.92 Å². The van der Waals surface area contributed by atoms with Gasteiger partial charge in [-0.3, -0.25) is 4.90 Å². The zero-order chi connectivity index (χ0) is 16.7. The van der Waals surface area contributed by atoms with E-state index in [2.05, 4.69) is 36.3 Å². The Morgan fingerprint density at radius 3 is 2.74 bits per heavy atom. The molecule has 2 N–H and O–H groups in total. The summed E-state index contributed by atoms with van der Waals surface area (Å²) in [6, 6.07) is 8.02. The molecule has 2 amide bonds. The van der Waals surface area contributed by atoms with Crippen LogP contribution in [0.25, 0.3) is 0 Å². The zero-order valence-corrected chi connectivity index (χ0v) is 14.5. The molecule has 1 unspecified atom stereocenters. The third-order valence-corrected chi connectivity index (χ3v) is 3.91. The first-order valence-corrected chi connectivity index (χ1v) is 8.44. The lowest BCUT2D eigenvalue weighted by atomic mass is 10.1. The number of rotatable bonds is 6. The number of nitrogens with zero attached hydrogens (tertiary/aromatic N) is 1. The van der Waals surface area contributed by atoms with E-state index < -0.39 is 0 Å². The summed E-state index contributed by atoms with van der Waals surface area (Å²) in [6.07, 6.45) is 0.0765. The van der Waals surface area contributed by atoms with Crippen LogP contribution in [-0.4, -0.2) is 49.8 Å². The van der Waals surface area contributed by atoms with Gasteiger partial charge in [0, 0.05) is 32.7 Å². The number of hydrogen-bond acceptors (Lipinski definition) is 3. The Balaban J connectivity index is 1.66. The van der Waals surface area contributed by atoms with Gasteiger partial charge in [0.25, 0.3) is 0 Å². The van der Waals surface area contributed by atoms with Crippen LogP contribution in [0.2, 0.25) is 0 Å². The van der Waals surface area contributed by atoms with Crippen LogP contribution in [-0.2, 0) is 11.3 Å². The number of morpholine rings is 1. The van der Waals surface area contributed by atoms with Gasteiger partial charge in [-0.15, -0.1) is 0 Å². The molecule has 23 heavy (non-hydrogen) atoms. The van der Waals surface area contributed by atoms with Gasteiger partial charge in [0.2, 0.25) is 0 Å². The number of benzene rings is 1. The first kappa shape index (κ1) is 17.8. The molecule has 0 bridgehead atoms. The van der Waals surface area contributed by atoms with Crippen LogP contribution in [0.5, 0.6) is 0 Å². The summed E-state index contributed by atoms with van der Waals surface area (Å²) in [5.74, 6) is 0.652. The van der Waals surface area contributed by atoms with E-state index in [9.17, 15) is 4.79 Å². The molecule has 1 aromatic rings. The molecule has 0 spiro atoms. The molecule has 2 rings (SSSR count). The number of carbonyl (C=O) groups is 1. The number of hydrogen-bond donors (Lipinski definition) is 2. The molecule has 1 saturated heterocycles. The van der Waals surface area contributed by atoms with Gasteiger partial charge in [-0.2, -0.15) is 0 Å². The van der Waals surface area contributed by atoms with E-state index in [1.807, 2.05) is 24.3 Å². The van der Waals surface area contributed by atoms with Gasteiger partial charge >= 0.3 is 6.03 Å². The van der Waals surface area contributed by atoms with Crippen LogP contribution < -0.4 is 10.6 Å². The highest BCUT2D eigenvalue weighted by Gasteiger charge is 2.21. The summed E-state index contributed by atoms with van der Waals surface area (Å²) in [7, 11) is 0. The van der Waals surface area contributed by atoms with Gasteiger partial charge in [0.05, 0.1) is 12.7 Å². The Morgan fingerprint density at radius 2 is 2.04 bits per heavy atom. The fraction of sp³-hybridized carbons (Fsp3) is 0.611. The van der Waals surface area contributed by atoms with Crippen molar-refractivity contribution < 1.29 is 9.53 Å². The Morgan fingerprint density at radius 1 is 1.30 bits per heavy atom. The van der Waals surface area contributed by atoms with Crippen LogP contribution >= 0.6 is 0 Å². The first-order valence-electron chi connectivity index (χ1n) is 8.44. The van der Waals surface area contributed by atoms with Gasteiger partial charge in [-0.25, -0.2) is 4.79 Å². The van der Waals surface area contributed by atoms with Crippen molar-refractivity contribution in [3.8, 4) is 0 Å². The summed E-state index contributed by atoms with van der Waals surface area (Å²) >= 11 is 0. The highest BCUT2D eigenvalue weighted by atomic mass is 16.5. The van der Waals surface area contributed by atoms with E-state index in [-0.39, 0.29) is 12.1 Å². The van der Waals surface area contributed by atoms with E-state index in [4.69, 9.17) is 4.74 Å². The number of urea groups is 1. The van der Waals surface area contributed by atoms with Gasteiger partial charge in [-0.1, -0.05) is 43.7 Å². The second-order valence-corrected chi connectivity index (χ2v) is 6.70. The molecule has 1 atom stereocenters. The van der Waals surface area contributed by atoms with Crippen molar-refractivity contribution in [1.29, 1.82) is 0 Å². The minimum Gasteiger partial charge on any atom is -0.374 e. The third-order valence-electron chi connectivity index (χ3n) is 3.91. The second kappa shape index (κ2) is 8.89. The minimum absolute atomic E-state index is 0.0765. The number of nitrogens with one attached hydrogen (secondary N) is 2. The predicted octanol–water partition coefficient (Wildman–Crippen LogP) is 2.15. The highest BCUT2D eigenvalue weighted by Crippen LogP contribution is 2.07. The maximum atomic E-state index is 11.9. The first-order chi connectivity index (χ1) is 11.0. The van der Waals surface area contributed by atoms with Crippen molar-refractivity contribution in [3.05, 3.63) is 35.4 Å². The maximum Gasteiger partial charge on any atom is 0.315 e. The molecule has 0 aromatic heterocycles. The fourth-order valence-corrected chi connectivity index (χ4v) is 2.74. The molecule has 1 fully saturated rings. The second-order valence-electron chi connectivity index (χ2n) is 6.70. The van der Waals surface area contributed by atoms with Crippen LogP contribution in [0.4, 0.5) is 4.79 Å². The number of carbonyl (C=O) groups excluding carboxylic acids is 1. The normalized spacial score (nSPS) is 18.9. The Labute approximate surface area is 139 Å². The lowest BCUT2D eigenvalue weighted by Crippen LogP contribution is -2.49. The molecule has 1 aromatic carbocycles. The molecule has 128 valence electrons. The molecular weight excluding hydrogens is 290 g/mol. The van der Waals surface area contributed by atoms with Crippen LogP contribution in [0.3, 0.4) is 0 Å². The average Bonchev–Trinajstić information content (AvgIpc) is 2.52. The van der Waals surface area contributed by atoms with Gasteiger partial charge < -0.3 is 15.4 Å². The van der Waals surface area contributed by atoms with Crippen molar-refractivity contribution in [1.82, 2.24) is 15.5 Å². The lowest BCUT2D eigenvalue weighted by molar-refractivity contribution is -0.0290. The number of ether oxygens (including phenoxy) is 1. The summed E-state index contributed by atoms with van der Waals surface area (Å²) in [6.45, 7) is 11.3. The number of aryl methyl sites for hydroxylation is 1. The number of amides is 2. The molecule has 1 aliphatic rings. The highest BCUT2D eigenvalue weighted by molar-refractivity contribution is 5.73. The Bertz CT molecular complexity index is 488. The van der Waals surface area contributed by atoms with Crippen LogP contribution in [0.1, 0.15) is 25.0 Å². The monoisotopic (exact) mass is 319 g/mol. The third kappa shape index (κ3) is 6.59. The summed E-state index contributed by atoms with van der Waals surface area (Å²) < 4.78 is 5.73. The maximum absolute atomic E-state index is 11.9. The van der Waals surface area contributed by atoms with Crippen molar-refractivity contribution >= 4 is 6.03 Å². The SMILES string of the molecule is Cc1ccc(CNC(=O)NCC2CN(CC(C)C)CCO2)cc1. The van der Waals surface area contributed by atoms with Gasteiger partial charge in [0.1, 0.15) is 0 Å². The smallest absolute Gasteiger partial charge is 0.315 e. The summed E-state index contributed by atoms with van der Waals surface area (Å²) in [4.78, 5) is 14.3. The molecule has 1 aliphatic heterocycles. The minimum atomic E-state index is -0.143. The lowest BCUT2D eigenvalue weighted by Gasteiger charge is -2.33. The molecule has 5 heteroatoms. The van der Waals surface area contributed by atoms with Crippen molar-refractivity contribution in [3.63, 3.8) is 0 Å². The van der Waals surface area contributed by atoms with E-state index in [1.165, 1.54) is 5.56 Å². The molecule has 0 radical (unpaired) electrons. The van der Waals surface area contributed by atoms with E-state index in [0.29, 0.717) is 19.0 Å². The predicted molar refractivity (Wildman–Crippen MR) is 92.4 cm³/mol. The summed E-state index contributed by atoms with van der Waals surface area (Å²) in [5.41, 5.74) is 2.32. The largest absolute Gasteiger partial charge is 0.374 e. The molecule has 1 heterocycles. The fourth-order valence-electron chi connectivity index (χ4n) is 2.74. The van der Waals surface area contributed by atoms with E-state index >= 15 is 0 Å². The van der Waals surface area contributed by atoms with Gasteiger partial charge in [0.15, 0.2) is 0 Å². The van der Waals surface area contributed by atoms with E-state index in [1.54, 1.807) is 0 Å².